The second kappa shape index (κ2) is 4.69. The van der Waals surface area contributed by atoms with Gasteiger partial charge in [-0.3, -0.25) is 0 Å². The molecule has 1 atom stereocenters. The molecule has 0 aromatic rings. The third-order valence-corrected chi connectivity index (χ3v) is 6.08. The van der Waals surface area contributed by atoms with Gasteiger partial charge in [-0.2, -0.15) is 5.26 Å². The van der Waals surface area contributed by atoms with E-state index in [1.807, 2.05) is 0 Å². The first-order valence-corrected chi connectivity index (χ1v) is 7.95. The van der Waals surface area contributed by atoms with Crippen molar-refractivity contribution in [2.45, 2.75) is 30.8 Å². The molecule has 0 fully saturated rings. The summed E-state index contributed by atoms with van der Waals surface area (Å²) in [6.07, 6.45) is 1.04. The van der Waals surface area contributed by atoms with E-state index in [1.165, 1.54) is 20.8 Å². The van der Waals surface area contributed by atoms with Crippen molar-refractivity contribution in [1.82, 2.24) is 4.72 Å². The lowest BCUT2D eigenvalue weighted by atomic mass is 10.2. The number of nitrogens with one attached hydrogen (secondary N) is 1. The van der Waals surface area contributed by atoms with Crippen LogP contribution in [0, 0.1) is 11.3 Å². The Kier molecular flexibility index (Phi) is 4.50. The molecule has 0 amide bonds. The number of hydrogen-bond acceptors (Lipinski definition) is 5. The van der Waals surface area contributed by atoms with Crippen molar-refractivity contribution in [3.05, 3.63) is 0 Å². The van der Waals surface area contributed by atoms with Crippen LogP contribution in [0.4, 0.5) is 0 Å². The van der Waals surface area contributed by atoms with Crippen LogP contribution in [-0.4, -0.2) is 39.6 Å². The topological polar surface area (TPSA) is 104 Å². The summed E-state index contributed by atoms with van der Waals surface area (Å²) in [6.45, 7) is 3.82. The van der Waals surface area contributed by atoms with Crippen LogP contribution < -0.4 is 4.72 Å². The predicted molar refractivity (Wildman–Crippen MR) is 60.9 cm³/mol. The molecule has 1 unspecified atom stereocenters. The fourth-order valence-corrected chi connectivity index (χ4v) is 1.98. The molecule has 0 aliphatic heterocycles. The molecule has 0 heterocycles. The average molecular weight is 268 g/mol. The standard InChI is InChI=1S/C8H16N2O4S2/c1-7(5-9)16(13,14)10-6-8(2,3)15(4,11)12/h7,10H,6H2,1-4H3. The lowest BCUT2D eigenvalue weighted by Crippen LogP contribution is -2.45. The Balaban J connectivity index is 4.81. The maximum absolute atomic E-state index is 11.4. The number of nitrogens with zero attached hydrogens (tertiary/aromatic N) is 1. The fourth-order valence-electron chi connectivity index (χ4n) is 0.600. The fraction of sp³-hybridized carbons (Fsp3) is 0.875. The average Bonchev–Trinajstić information content (AvgIpc) is 2.12. The summed E-state index contributed by atoms with van der Waals surface area (Å²) in [5.41, 5.74) is 0. The summed E-state index contributed by atoms with van der Waals surface area (Å²) in [7, 11) is -7.15. The SMILES string of the molecule is CC(C#N)S(=O)(=O)NCC(C)(C)S(C)(=O)=O. The van der Waals surface area contributed by atoms with Crippen LogP contribution in [0.3, 0.4) is 0 Å². The van der Waals surface area contributed by atoms with Crippen LogP contribution >= 0.6 is 0 Å². The molecule has 0 radical (unpaired) electrons. The lowest BCUT2D eigenvalue weighted by molar-refractivity contribution is 0.535. The molecule has 0 aliphatic rings. The van der Waals surface area contributed by atoms with Gasteiger partial charge in [-0.25, -0.2) is 21.6 Å². The Labute approximate surface area is 96.6 Å². The first-order valence-electron chi connectivity index (χ1n) is 4.52. The molecule has 0 rings (SSSR count). The van der Waals surface area contributed by atoms with E-state index < -0.39 is 29.9 Å². The molecular weight excluding hydrogens is 252 g/mol. The summed E-state index contributed by atoms with van der Waals surface area (Å²) in [5, 5.41) is 7.27. The Hall–Kier alpha value is -0.650. The zero-order valence-electron chi connectivity index (χ0n) is 9.68. The molecule has 0 aromatic heterocycles. The molecule has 8 heteroatoms. The highest BCUT2D eigenvalue weighted by Gasteiger charge is 2.32. The van der Waals surface area contributed by atoms with Gasteiger partial charge in [0.1, 0.15) is 0 Å². The molecule has 0 bridgehead atoms. The van der Waals surface area contributed by atoms with Crippen molar-refractivity contribution < 1.29 is 16.8 Å². The van der Waals surface area contributed by atoms with Crippen LogP contribution in [0.2, 0.25) is 0 Å². The molecule has 0 saturated carbocycles. The smallest absolute Gasteiger partial charge is 0.227 e. The van der Waals surface area contributed by atoms with E-state index in [-0.39, 0.29) is 6.54 Å². The largest absolute Gasteiger partial charge is 0.229 e. The zero-order valence-corrected chi connectivity index (χ0v) is 11.3. The van der Waals surface area contributed by atoms with Crippen molar-refractivity contribution in [3.63, 3.8) is 0 Å². The number of sulfonamides is 1. The minimum atomic E-state index is -3.78. The Morgan fingerprint density at radius 1 is 1.31 bits per heavy atom. The summed E-state index contributed by atoms with van der Waals surface area (Å²) in [6, 6.07) is 1.58. The van der Waals surface area contributed by atoms with Gasteiger partial charge in [0.15, 0.2) is 15.1 Å². The molecule has 16 heavy (non-hydrogen) atoms. The van der Waals surface area contributed by atoms with Crippen LogP contribution in [-0.2, 0) is 19.9 Å². The molecule has 1 N–H and O–H groups in total. The second-order valence-electron chi connectivity index (χ2n) is 4.17. The lowest BCUT2D eigenvalue weighted by Gasteiger charge is -2.22. The van der Waals surface area contributed by atoms with Crippen LogP contribution in [0.15, 0.2) is 0 Å². The molecule has 0 saturated heterocycles. The highest BCUT2D eigenvalue weighted by atomic mass is 32.2. The molecule has 6 nitrogen and oxygen atoms in total. The highest BCUT2D eigenvalue weighted by molar-refractivity contribution is 7.92. The zero-order chi connectivity index (χ0) is 13.2. The maximum atomic E-state index is 11.4. The van der Waals surface area contributed by atoms with E-state index in [1.54, 1.807) is 6.07 Å². The first kappa shape index (κ1) is 15.3. The van der Waals surface area contributed by atoms with E-state index in [2.05, 4.69) is 4.72 Å². The molecule has 94 valence electrons. The van der Waals surface area contributed by atoms with E-state index in [9.17, 15) is 16.8 Å². The highest BCUT2D eigenvalue weighted by Crippen LogP contribution is 2.14. The van der Waals surface area contributed by atoms with E-state index in [4.69, 9.17) is 5.26 Å². The van der Waals surface area contributed by atoms with Crippen LogP contribution in [0.25, 0.3) is 0 Å². The quantitative estimate of drug-likeness (QED) is 0.733. The maximum Gasteiger partial charge on any atom is 0.227 e. The molecule has 0 spiro atoms. The van der Waals surface area contributed by atoms with Crippen molar-refractivity contribution in [2.75, 3.05) is 12.8 Å². The Morgan fingerprint density at radius 3 is 2.06 bits per heavy atom. The Morgan fingerprint density at radius 2 is 1.75 bits per heavy atom. The van der Waals surface area contributed by atoms with Gasteiger partial charge in [-0.1, -0.05) is 0 Å². The van der Waals surface area contributed by atoms with Crippen LogP contribution in [0.1, 0.15) is 20.8 Å². The third-order valence-electron chi connectivity index (χ3n) is 2.35. The van der Waals surface area contributed by atoms with E-state index in [0.29, 0.717) is 0 Å². The summed E-state index contributed by atoms with van der Waals surface area (Å²) in [4.78, 5) is 0. The van der Waals surface area contributed by atoms with Gasteiger partial charge < -0.3 is 0 Å². The first-order chi connectivity index (χ1) is 6.94. The minimum absolute atomic E-state index is 0.250. The van der Waals surface area contributed by atoms with E-state index >= 15 is 0 Å². The van der Waals surface area contributed by atoms with Gasteiger partial charge in [0, 0.05) is 12.8 Å². The summed E-state index contributed by atoms with van der Waals surface area (Å²) < 4.78 is 46.4. The van der Waals surface area contributed by atoms with Gasteiger partial charge in [0.05, 0.1) is 10.8 Å². The van der Waals surface area contributed by atoms with Crippen molar-refractivity contribution >= 4 is 19.9 Å². The van der Waals surface area contributed by atoms with Crippen molar-refractivity contribution in [1.29, 1.82) is 5.26 Å². The third kappa shape index (κ3) is 3.73. The van der Waals surface area contributed by atoms with E-state index in [0.717, 1.165) is 6.26 Å². The Bertz CT molecular complexity index is 485. The second-order valence-corrected chi connectivity index (χ2v) is 8.90. The van der Waals surface area contributed by atoms with Crippen molar-refractivity contribution in [2.24, 2.45) is 0 Å². The van der Waals surface area contributed by atoms with Gasteiger partial charge in [-0.15, -0.1) is 0 Å². The molecule has 0 aliphatic carbocycles. The number of nitriles is 1. The monoisotopic (exact) mass is 268 g/mol. The summed E-state index contributed by atoms with van der Waals surface area (Å²) in [5.74, 6) is 0. The van der Waals surface area contributed by atoms with Crippen LogP contribution in [0.5, 0.6) is 0 Å². The normalized spacial score (nSPS) is 15.4. The van der Waals surface area contributed by atoms with Gasteiger partial charge in [0.25, 0.3) is 0 Å². The van der Waals surface area contributed by atoms with Gasteiger partial charge in [-0.05, 0) is 20.8 Å². The van der Waals surface area contributed by atoms with Crippen molar-refractivity contribution in [3.8, 4) is 6.07 Å². The molecule has 0 aromatic carbocycles. The predicted octanol–water partition coefficient (Wildman–Crippen LogP) is -0.359. The minimum Gasteiger partial charge on any atom is -0.229 e. The molecular formula is C8H16N2O4S2. The summed E-state index contributed by atoms with van der Waals surface area (Å²) >= 11 is 0. The van der Waals surface area contributed by atoms with Gasteiger partial charge in [0.2, 0.25) is 10.0 Å². The number of rotatable bonds is 5. The number of sulfone groups is 1. The van der Waals surface area contributed by atoms with Gasteiger partial charge >= 0.3 is 0 Å². The number of hydrogen-bond donors (Lipinski definition) is 1.